The zero-order valence-electron chi connectivity index (χ0n) is 14.2. The number of nitrogens with zero attached hydrogens (tertiary/aromatic N) is 1. The van der Waals surface area contributed by atoms with Crippen LogP contribution in [-0.2, 0) is 10.0 Å². The Balaban J connectivity index is 1.68. The molecule has 1 aliphatic carbocycles. The molecule has 27 heavy (non-hydrogen) atoms. The third kappa shape index (κ3) is 3.00. The van der Waals surface area contributed by atoms with Crippen molar-refractivity contribution in [3.05, 3.63) is 52.0 Å². The molecule has 0 unspecified atom stereocenters. The van der Waals surface area contributed by atoms with Gasteiger partial charge in [0.15, 0.2) is 0 Å². The SMILES string of the molecule is COc1ccc(Br)cc1NC(=O)c1ccc2c(c1)S(=O)(=O)N(C1CC1)C2=O. The Morgan fingerprint density at radius 2 is 1.96 bits per heavy atom. The molecule has 2 aliphatic rings. The first-order valence-corrected chi connectivity index (χ1v) is 10.4. The van der Waals surface area contributed by atoms with E-state index in [1.807, 2.05) is 0 Å². The van der Waals surface area contributed by atoms with Gasteiger partial charge in [-0.3, -0.25) is 9.59 Å². The fraction of sp³-hybridized carbons (Fsp3) is 0.222. The Bertz CT molecular complexity index is 1080. The van der Waals surface area contributed by atoms with Crippen molar-refractivity contribution in [3.63, 3.8) is 0 Å². The zero-order chi connectivity index (χ0) is 19.3. The Kier molecular flexibility index (Phi) is 4.23. The Hall–Kier alpha value is -2.39. The quantitative estimate of drug-likeness (QED) is 0.772. The summed E-state index contributed by atoms with van der Waals surface area (Å²) in [6.45, 7) is 0. The number of nitrogens with one attached hydrogen (secondary N) is 1. The van der Waals surface area contributed by atoms with Gasteiger partial charge in [-0.2, -0.15) is 0 Å². The van der Waals surface area contributed by atoms with E-state index < -0.39 is 21.8 Å². The largest absolute Gasteiger partial charge is 0.495 e. The van der Waals surface area contributed by atoms with Crippen molar-refractivity contribution in [2.45, 2.75) is 23.8 Å². The Morgan fingerprint density at radius 3 is 2.63 bits per heavy atom. The molecule has 4 rings (SSSR count). The van der Waals surface area contributed by atoms with Crippen LogP contribution < -0.4 is 10.1 Å². The number of benzene rings is 2. The number of fused-ring (bicyclic) bond motifs is 1. The van der Waals surface area contributed by atoms with E-state index in [4.69, 9.17) is 4.74 Å². The van der Waals surface area contributed by atoms with Crippen LogP contribution in [0.2, 0.25) is 0 Å². The fourth-order valence-corrected chi connectivity index (χ4v) is 5.23. The van der Waals surface area contributed by atoms with Crippen LogP contribution in [0.3, 0.4) is 0 Å². The topological polar surface area (TPSA) is 92.8 Å². The molecule has 7 nitrogen and oxygen atoms in total. The molecule has 140 valence electrons. The van der Waals surface area contributed by atoms with Crippen molar-refractivity contribution in [1.29, 1.82) is 0 Å². The fourth-order valence-electron chi connectivity index (χ4n) is 3.03. The van der Waals surface area contributed by atoms with Crippen LogP contribution in [0, 0.1) is 0 Å². The lowest BCUT2D eigenvalue weighted by Gasteiger charge is -2.13. The van der Waals surface area contributed by atoms with Crippen LogP contribution in [0.1, 0.15) is 33.6 Å². The van der Waals surface area contributed by atoms with Crippen molar-refractivity contribution in [3.8, 4) is 5.75 Å². The number of anilines is 1. The van der Waals surface area contributed by atoms with Crippen LogP contribution in [0.25, 0.3) is 0 Å². The first kappa shape index (κ1) is 18.0. The predicted molar refractivity (Wildman–Crippen MR) is 101 cm³/mol. The molecule has 1 N–H and O–H groups in total. The number of carbonyl (C=O) groups is 2. The number of carbonyl (C=O) groups excluding carboxylic acids is 2. The van der Waals surface area contributed by atoms with Gasteiger partial charge in [0.1, 0.15) is 10.6 Å². The van der Waals surface area contributed by atoms with Crippen LogP contribution in [-0.4, -0.2) is 37.7 Å². The number of hydrogen-bond donors (Lipinski definition) is 1. The van der Waals surface area contributed by atoms with Gasteiger partial charge < -0.3 is 10.1 Å². The second kappa shape index (κ2) is 6.35. The van der Waals surface area contributed by atoms with Gasteiger partial charge in [0.25, 0.3) is 21.8 Å². The summed E-state index contributed by atoms with van der Waals surface area (Å²) in [4.78, 5) is 24.9. The summed E-state index contributed by atoms with van der Waals surface area (Å²) in [7, 11) is -2.42. The van der Waals surface area contributed by atoms with E-state index in [1.165, 1.54) is 25.3 Å². The second-order valence-corrected chi connectivity index (χ2v) is 9.05. The molecule has 2 aromatic carbocycles. The van der Waals surface area contributed by atoms with Gasteiger partial charge in [0.05, 0.1) is 18.4 Å². The number of methoxy groups -OCH3 is 1. The minimum Gasteiger partial charge on any atom is -0.495 e. The number of rotatable bonds is 4. The van der Waals surface area contributed by atoms with Crippen LogP contribution >= 0.6 is 15.9 Å². The molecule has 1 aliphatic heterocycles. The highest BCUT2D eigenvalue weighted by Crippen LogP contribution is 2.39. The molecule has 0 spiro atoms. The molecule has 0 radical (unpaired) electrons. The first-order chi connectivity index (χ1) is 12.8. The summed E-state index contributed by atoms with van der Waals surface area (Å²) in [5, 5.41) is 2.71. The van der Waals surface area contributed by atoms with Crippen molar-refractivity contribution < 1.29 is 22.7 Å². The van der Waals surface area contributed by atoms with Crippen LogP contribution in [0.5, 0.6) is 5.75 Å². The zero-order valence-corrected chi connectivity index (χ0v) is 16.6. The maximum Gasteiger partial charge on any atom is 0.269 e. The number of amides is 2. The molecule has 0 atom stereocenters. The van der Waals surface area contributed by atoms with Gasteiger partial charge in [0.2, 0.25) is 0 Å². The van der Waals surface area contributed by atoms with Gasteiger partial charge >= 0.3 is 0 Å². The lowest BCUT2D eigenvalue weighted by Crippen LogP contribution is -2.31. The summed E-state index contributed by atoms with van der Waals surface area (Å²) in [6, 6.07) is 8.98. The minimum absolute atomic E-state index is 0.110. The molecular weight excluding hydrogens is 436 g/mol. The van der Waals surface area contributed by atoms with Crippen molar-refractivity contribution >= 4 is 43.5 Å². The average molecular weight is 451 g/mol. The molecule has 0 saturated heterocycles. The van der Waals surface area contributed by atoms with Crippen molar-refractivity contribution in [1.82, 2.24) is 4.31 Å². The summed E-state index contributed by atoms with van der Waals surface area (Å²) in [6.07, 6.45) is 1.35. The predicted octanol–water partition coefficient (Wildman–Crippen LogP) is 3.02. The highest BCUT2D eigenvalue weighted by molar-refractivity contribution is 9.10. The van der Waals surface area contributed by atoms with E-state index in [1.54, 1.807) is 18.2 Å². The number of hydrogen-bond acceptors (Lipinski definition) is 5. The van der Waals surface area contributed by atoms with Crippen LogP contribution in [0.4, 0.5) is 5.69 Å². The normalized spacial score (nSPS) is 17.6. The number of ether oxygens (including phenoxy) is 1. The van der Waals surface area contributed by atoms with Gasteiger partial charge in [-0.25, -0.2) is 12.7 Å². The molecule has 1 heterocycles. The third-order valence-electron chi connectivity index (χ3n) is 4.50. The van der Waals surface area contributed by atoms with E-state index in [-0.39, 0.29) is 22.1 Å². The average Bonchev–Trinajstić information content (AvgIpc) is 3.43. The first-order valence-electron chi connectivity index (χ1n) is 8.20. The lowest BCUT2D eigenvalue weighted by atomic mass is 10.1. The molecule has 2 aromatic rings. The van der Waals surface area contributed by atoms with Gasteiger partial charge in [0, 0.05) is 16.1 Å². The molecule has 9 heteroatoms. The maximum atomic E-state index is 12.7. The molecule has 0 bridgehead atoms. The molecular formula is C18H15BrN2O5S. The van der Waals surface area contributed by atoms with E-state index in [0.29, 0.717) is 24.3 Å². The van der Waals surface area contributed by atoms with E-state index >= 15 is 0 Å². The second-order valence-electron chi connectivity index (χ2n) is 6.35. The number of sulfonamides is 1. The summed E-state index contributed by atoms with van der Waals surface area (Å²) in [5.41, 5.74) is 0.694. The third-order valence-corrected chi connectivity index (χ3v) is 6.87. The smallest absolute Gasteiger partial charge is 0.269 e. The molecule has 0 aromatic heterocycles. The maximum absolute atomic E-state index is 12.7. The van der Waals surface area contributed by atoms with Gasteiger partial charge in [-0.15, -0.1) is 0 Å². The molecule has 1 saturated carbocycles. The highest BCUT2D eigenvalue weighted by atomic mass is 79.9. The van der Waals surface area contributed by atoms with Gasteiger partial charge in [-0.05, 0) is 49.2 Å². The Labute approximate surface area is 164 Å². The highest BCUT2D eigenvalue weighted by Gasteiger charge is 2.48. The summed E-state index contributed by atoms with van der Waals surface area (Å²) < 4.78 is 32.3. The summed E-state index contributed by atoms with van der Waals surface area (Å²) >= 11 is 3.33. The van der Waals surface area contributed by atoms with Crippen molar-refractivity contribution in [2.24, 2.45) is 0 Å². The van der Waals surface area contributed by atoms with Crippen molar-refractivity contribution in [2.75, 3.05) is 12.4 Å². The monoisotopic (exact) mass is 450 g/mol. The Morgan fingerprint density at radius 1 is 1.22 bits per heavy atom. The molecule has 1 fully saturated rings. The lowest BCUT2D eigenvalue weighted by molar-refractivity contribution is 0.0864. The molecule has 2 amide bonds. The van der Waals surface area contributed by atoms with E-state index in [0.717, 1.165) is 8.78 Å². The van der Waals surface area contributed by atoms with Crippen LogP contribution in [0.15, 0.2) is 45.8 Å². The minimum atomic E-state index is -3.91. The summed E-state index contributed by atoms with van der Waals surface area (Å²) in [5.74, 6) is -0.551. The number of halogens is 1. The van der Waals surface area contributed by atoms with Gasteiger partial charge in [-0.1, -0.05) is 15.9 Å². The standard InChI is InChI=1S/C18H15BrN2O5S/c1-26-15-7-3-11(19)9-14(15)20-17(22)10-2-6-13-16(8-10)27(24,25)21(18(13)23)12-4-5-12/h2-3,6-9,12H,4-5H2,1H3,(H,20,22). The van der Waals surface area contributed by atoms with E-state index in [2.05, 4.69) is 21.2 Å². The van der Waals surface area contributed by atoms with E-state index in [9.17, 15) is 18.0 Å².